The van der Waals surface area contributed by atoms with Gasteiger partial charge >= 0.3 is 0 Å². The fourth-order valence-corrected chi connectivity index (χ4v) is 6.17. The number of benzene rings is 4. The van der Waals surface area contributed by atoms with Crippen molar-refractivity contribution in [3.8, 4) is 0 Å². The van der Waals surface area contributed by atoms with Gasteiger partial charge in [0.1, 0.15) is 46.5 Å². The normalized spacial score (nSPS) is 12.8. The van der Waals surface area contributed by atoms with E-state index in [2.05, 4.69) is 41.2 Å². The summed E-state index contributed by atoms with van der Waals surface area (Å²) < 4.78 is 117. The Balaban J connectivity index is 1.36. The molecule has 8 nitrogen and oxygen atoms in total. The molecule has 0 saturated heterocycles. The average Bonchev–Trinajstić information content (AvgIpc) is 3.74. The lowest BCUT2D eigenvalue weighted by Gasteiger charge is -2.06. The average molecular weight is 665 g/mol. The molecule has 8 N–H and O–H groups in total. The van der Waals surface area contributed by atoms with Crippen molar-refractivity contribution in [2.75, 3.05) is 21.3 Å². The fraction of sp³-hybridized carbons (Fsp3) is 0. The molecular formula is C32H16F8N8. The van der Waals surface area contributed by atoms with Crippen LogP contribution in [0.25, 0.3) is 43.1 Å². The highest BCUT2D eigenvalue weighted by Crippen LogP contribution is 2.43. The van der Waals surface area contributed by atoms with Gasteiger partial charge in [-0.1, -0.05) is 0 Å². The van der Waals surface area contributed by atoms with E-state index in [1.165, 1.54) is 0 Å². The number of hydrogen-bond donors (Lipinski definition) is 8. The smallest absolute Gasteiger partial charge is 0.159 e. The Bertz CT molecular complexity index is 2150. The summed E-state index contributed by atoms with van der Waals surface area (Å²) in [5, 5.41) is 13.0. The highest BCUT2D eigenvalue weighted by Gasteiger charge is 2.24. The minimum Gasteiger partial charge on any atom is -0.327 e. The summed E-state index contributed by atoms with van der Waals surface area (Å²) >= 11 is 0. The molecule has 0 radical (unpaired) electrons. The molecule has 48 heavy (non-hydrogen) atoms. The van der Waals surface area contributed by atoms with Crippen molar-refractivity contribution in [1.82, 2.24) is 19.9 Å². The fourth-order valence-electron chi connectivity index (χ4n) is 6.17. The molecule has 0 fully saturated rings. The third-order valence-corrected chi connectivity index (χ3v) is 8.40. The van der Waals surface area contributed by atoms with Crippen LogP contribution in [0.4, 0.5) is 81.7 Å². The Kier molecular flexibility index (Phi) is 5.59. The predicted octanol–water partition coefficient (Wildman–Crippen LogP) is 10.0. The molecule has 8 bridgehead atoms. The van der Waals surface area contributed by atoms with Gasteiger partial charge in [0, 0.05) is 43.1 Å². The number of rotatable bonds is 0. The maximum atomic E-state index is 14.6. The van der Waals surface area contributed by atoms with Gasteiger partial charge in [0.15, 0.2) is 46.5 Å². The summed E-state index contributed by atoms with van der Waals surface area (Å²) in [6.45, 7) is 0. The minimum atomic E-state index is -1.18. The molecule has 1 aliphatic rings. The van der Waals surface area contributed by atoms with Crippen LogP contribution in [0.2, 0.25) is 0 Å². The number of aromatic amines is 4. The van der Waals surface area contributed by atoms with E-state index in [1.54, 1.807) is 0 Å². The Hall–Kier alpha value is -6.32. The second kappa shape index (κ2) is 9.60. The summed E-state index contributed by atoms with van der Waals surface area (Å²) in [5.74, 6) is -8.81. The van der Waals surface area contributed by atoms with Crippen molar-refractivity contribution in [1.29, 1.82) is 0 Å². The topological polar surface area (TPSA) is 111 Å². The minimum absolute atomic E-state index is 0.0783. The highest BCUT2D eigenvalue weighted by molar-refractivity contribution is 6.12. The third kappa shape index (κ3) is 4.01. The zero-order chi connectivity index (χ0) is 33.2. The first-order valence-corrected chi connectivity index (χ1v) is 14.1. The summed E-state index contributed by atoms with van der Waals surface area (Å²) in [6, 6.07) is 7.35. The second-order valence-corrected chi connectivity index (χ2v) is 11.2. The van der Waals surface area contributed by atoms with Crippen molar-refractivity contribution in [3.05, 3.63) is 95.1 Å². The molecule has 0 atom stereocenters. The number of aromatic nitrogens is 4. The molecule has 0 saturated carbocycles. The van der Waals surface area contributed by atoms with E-state index in [-0.39, 0.29) is 89.6 Å². The van der Waals surface area contributed by atoms with Crippen LogP contribution >= 0.6 is 0 Å². The molecule has 4 aromatic heterocycles. The molecule has 1 aliphatic heterocycles. The van der Waals surface area contributed by atoms with E-state index < -0.39 is 46.5 Å². The lowest BCUT2D eigenvalue weighted by atomic mass is 10.1. The molecule has 9 rings (SSSR count). The molecule has 0 unspecified atom stereocenters. The van der Waals surface area contributed by atoms with Crippen LogP contribution in [0.1, 0.15) is 0 Å². The standard InChI is InChI=1S/C32H16F8N8/c33-17-1-9-10(2-18(17)34)26-41-25(9)45-27-11-3-19(35)20(36)4-12(11)29(42-27)47-31-15-7-23(39)24(40)8-16(15)32(44-31)48-30-14-6-22(38)21(37)5-13(14)28(43-30)46-26/h1-8,41-48H. The number of fused-ring (bicyclic) bond motifs is 20. The SMILES string of the molecule is Fc1cc2c3[nH]c(c2cc1F)Nc1[nH]c(c2cc(F)c(F)cc12)Nc1[nH]c(c2cc(F)c(F)cc12)Nc1[nH]c(c2cc(F)c(F)cc12)N3. The molecule has 0 spiro atoms. The van der Waals surface area contributed by atoms with Crippen LogP contribution in [0.15, 0.2) is 48.5 Å². The van der Waals surface area contributed by atoms with Gasteiger partial charge in [-0.25, -0.2) is 35.1 Å². The van der Waals surface area contributed by atoms with Crippen LogP contribution in [0.5, 0.6) is 0 Å². The van der Waals surface area contributed by atoms with Crippen LogP contribution in [0, 0.1) is 46.5 Å². The van der Waals surface area contributed by atoms with Crippen molar-refractivity contribution in [3.63, 3.8) is 0 Å². The summed E-state index contributed by atoms with van der Waals surface area (Å²) in [7, 11) is 0. The van der Waals surface area contributed by atoms with Crippen molar-refractivity contribution < 1.29 is 35.1 Å². The van der Waals surface area contributed by atoms with Gasteiger partial charge in [0.25, 0.3) is 0 Å². The van der Waals surface area contributed by atoms with Gasteiger partial charge in [-0.3, -0.25) is 0 Å². The van der Waals surface area contributed by atoms with E-state index in [0.29, 0.717) is 0 Å². The predicted molar refractivity (Wildman–Crippen MR) is 166 cm³/mol. The van der Waals surface area contributed by atoms with Crippen molar-refractivity contribution >= 4 is 89.6 Å². The second-order valence-electron chi connectivity index (χ2n) is 11.2. The lowest BCUT2D eigenvalue weighted by molar-refractivity contribution is 0.511. The van der Waals surface area contributed by atoms with Gasteiger partial charge < -0.3 is 41.2 Å². The number of anilines is 8. The Morgan fingerprint density at radius 1 is 0.229 bits per heavy atom. The van der Waals surface area contributed by atoms with E-state index in [4.69, 9.17) is 0 Å². The van der Waals surface area contributed by atoms with E-state index in [1.807, 2.05) is 0 Å². The zero-order valence-corrected chi connectivity index (χ0v) is 23.6. The summed E-state index contributed by atoms with van der Waals surface area (Å²) in [5.41, 5.74) is 0. The number of hydrogen-bond acceptors (Lipinski definition) is 4. The first-order chi connectivity index (χ1) is 23.0. The van der Waals surface area contributed by atoms with Gasteiger partial charge in [0.05, 0.1) is 0 Å². The Labute approximate surface area is 261 Å². The van der Waals surface area contributed by atoms with Gasteiger partial charge in [0.2, 0.25) is 0 Å². The summed E-state index contributed by atoms with van der Waals surface area (Å²) in [4.78, 5) is 11.9. The first-order valence-electron chi connectivity index (χ1n) is 14.1. The largest absolute Gasteiger partial charge is 0.327 e. The van der Waals surface area contributed by atoms with Gasteiger partial charge in [-0.05, 0) is 48.5 Å². The summed E-state index contributed by atoms with van der Waals surface area (Å²) in [6.07, 6.45) is 0. The Morgan fingerprint density at radius 2 is 0.354 bits per heavy atom. The number of H-pyrrole nitrogens is 4. The van der Waals surface area contributed by atoms with Crippen molar-refractivity contribution in [2.24, 2.45) is 0 Å². The number of nitrogens with one attached hydrogen (secondary N) is 8. The first kappa shape index (κ1) is 27.9. The van der Waals surface area contributed by atoms with E-state index in [0.717, 1.165) is 48.5 Å². The molecule has 240 valence electrons. The van der Waals surface area contributed by atoms with Gasteiger partial charge in [-0.15, -0.1) is 0 Å². The Morgan fingerprint density at radius 3 is 0.479 bits per heavy atom. The molecule has 5 heterocycles. The molecule has 0 amide bonds. The van der Waals surface area contributed by atoms with Crippen LogP contribution in [-0.2, 0) is 0 Å². The maximum Gasteiger partial charge on any atom is 0.159 e. The molecule has 16 heteroatoms. The monoisotopic (exact) mass is 664 g/mol. The quantitative estimate of drug-likeness (QED) is 0.0772. The lowest BCUT2D eigenvalue weighted by Crippen LogP contribution is -1.97. The van der Waals surface area contributed by atoms with Crippen molar-refractivity contribution in [2.45, 2.75) is 0 Å². The molecule has 4 aromatic carbocycles. The van der Waals surface area contributed by atoms with E-state index in [9.17, 15) is 35.1 Å². The van der Waals surface area contributed by atoms with Crippen LogP contribution in [-0.4, -0.2) is 19.9 Å². The van der Waals surface area contributed by atoms with E-state index >= 15 is 0 Å². The molecule has 8 aromatic rings. The maximum absolute atomic E-state index is 14.6. The zero-order valence-electron chi connectivity index (χ0n) is 23.6. The van der Waals surface area contributed by atoms with Crippen LogP contribution in [0.3, 0.4) is 0 Å². The highest BCUT2D eigenvalue weighted by atomic mass is 19.2. The molecule has 0 aliphatic carbocycles. The van der Waals surface area contributed by atoms with Gasteiger partial charge in [-0.2, -0.15) is 0 Å². The third-order valence-electron chi connectivity index (χ3n) is 8.40. The van der Waals surface area contributed by atoms with Crippen LogP contribution < -0.4 is 21.3 Å². The molecular weight excluding hydrogens is 648 g/mol. The number of halogens is 8.